The molecule has 2 aromatic rings. The molecule has 0 spiro atoms. The van der Waals surface area contributed by atoms with Gasteiger partial charge >= 0.3 is 0 Å². The van der Waals surface area contributed by atoms with Crippen molar-refractivity contribution in [3.05, 3.63) is 53.2 Å². The second-order valence-corrected chi connectivity index (χ2v) is 5.41. The monoisotopic (exact) mass is 308 g/mol. The molecule has 0 aliphatic heterocycles. The van der Waals surface area contributed by atoms with Gasteiger partial charge in [0.1, 0.15) is 11.1 Å². The number of carbonyl (C=O) groups excluding carboxylic acids is 1. The fourth-order valence-electron chi connectivity index (χ4n) is 1.69. The van der Waals surface area contributed by atoms with Crippen LogP contribution in [0.5, 0.6) is 0 Å². The number of aryl methyl sites for hydroxylation is 1. The SMILES string of the molecule is Cc1ccc(C#N)c(SCC(=O)Nc2ccc(C#N)cc2)n1. The number of benzene rings is 1. The largest absolute Gasteiger partial charge is 0.325 e. The van der Waals surface area contributed by atoms with E-state index in [0.29, 0.717) is 21.8 Å². The van der Waals surface area contributed by atoms with Crippen LogP contribution in [0.4, 0.5) is 5.69 Å². The maximum atomic E-state index is 11.9. The van der Waals surface area contributed by atoms with Gasteiger partial charge in [0, 0.05) is 11.4 Å². The number of nitriles is 2. The molecule has 0 aliphatic rings. The fourth-order valence-corrected chi connectivity index (χ4v) is 2.50. The molecule has 1 N–H and O–H groups in total. The molecule has 1 aromatic carbocycles. The van der Waals surface area contributed by atoms with Crippen LogP contribution in [0.25, 0.3) is 0 Å². The molecule has 0 saturated heterocycles. The molecule has 22 heavy (non-hydrogen) atoms. The Morgan fingerprint density at radius 1 is 1.18 bits per heavy atom. The molecule has 1 heterocycles. The molecular weight excluding hydrogens is 296 g/mol. The summed E-state index contributed by atoms with van der Waals surface area (Å²) >= 11 is 1.22. The first-order valence-electron chi connectivity index (χ1n) is 6.43. The van der Waals surface area contributed by atoms with Crippen LogP contribution >= 0.6 is 11.8 Å². The first-order valence-corrected chi connectivity index (χ1v) is 7.41. The average molecular weight is 308 g/mol. The Morgan fingerprint density at radius 3 is 2.55 bits per heavy atom. The minimum absolute atomic E-state index is 0.158. The van der Waals surface area contributed by atoms with Gasteiger partial charge in [-0.1, -0.05) is 11.8 Å². The van der Waals surface area contributed by atoms with Crippen molar-refractivity contribution in [2.45, 2.75) is 11.9 Å². The summed E-state index contributed by atoms with van der Waals surface area (Å²) < 4.78 is 0. The van der Waals surface area contributed by atoms with Gasteiger partial charge in [-0.2, -0.15) is 10.5 Å². The smallest absolute Gasteiger partial charge is 0.234 e. The molecule has 0 bridgehead atoms. The molecule has 5 nitrogen and oxygen atoms in total. The van der Waals surface area contributed by atoms with Crippen LogP contribution in [-0.2, 0) is 4.79 Å². The van der Waals surface area contributed by atoms with Crippen LogP contribution in [-0.4, -0.2) is 16.6 Å². The number of rotatable bonds is 4. The Kier molecular flexibility index (Phi) is 5.13. The van der Waals surface area contributed by atoms with Crippen molar-refractivity contribution in [1.29, 1.82) is 10.5 Å². The van der Waals surface area contributed by atoms with E-state index in [4.69, 9.17) is 10.5 Å². The van der Waals surface area contributed by atoms with Crippen LogP contribution in [0, 0.1) is 29.6 Å². The van der Waals surface area contributed by atoms with Crippen molar-refractivity contribution in [2.24, 2.45) is 0 Å². The highest BCUT2D eigenvalue weighted by Crippen LogP contribution is 2.20. The summed E-state index contributed by atoms with van der Waals surface area (Å²) in [6.45, 7) is 1.84. The van der Waals surface area contributed by atoms with E-state index in [1.807, 2.05) is 13.0 Å². The fraction of sp³-hybridized carbons (Fsp3) is 0.125. The van der Waals surface area contributed by atoms with Crippen LogP contribution in [0.2, 0.25) is 0 Å². The van der Waals surface area contributed by atoms with Gasteiger partial charge in [-0.15, -0.1) is 0 Å². The minimum Gasteiger partial charge on any atom is -0.325 e. The highest BCUT2D eigenvalue weighted by atomic mass is 32.2. The summed E-state index contributed by atoms with van der Waals surface area (Å²) in [6.07, 6.45) is 0. The topological polar surface area (TPSA) is 89.6 Å². The molecule has 1 aromatic heterocycles. The van der Waals surface area contributed by atoms with Crippen molar-refractivity contribution in [2.75, 3.05) is 11.1 Å². The molecule has 0 saturated carbocycles. The predicted octanol–water partition coefficient (Wildman–Crippen LogP) is 2.86. The summed E-state index contributed by atoms with van der Waals surface area (Å²) in [6, 6.07) is 14.2. The van der Waals surface area contributed by atoms with Gasteiger partial charge in [-0.05, 0) is 43.3 Å². The summed E-state index contributed by atoms with van der Waals surface area (Å²) in [5, 5.41) is 21.0. The number of carbonyl (C=O) groups is 1. The number of anilines is 1. The Balaban J connectivity index is 1.97. The zero-order valence-corrected chi connectivity index (χ0v) is 12.6. The number of hydrogen-bond donors (Lipinski definition) is 1. The number of thioether (sulfide) groups is 1. The lowest BCUT2D eigenvalue weighted by Crippen LogP contribution is -2.14. The highest BCUT2D eigenvalue weighted by molar-refractivity contribution is 8.00. The van der Waals surface area contributed by atoms with Crippen molar-refractivity contribution in [3.63, 3.8) is 0 Å². The van der Waals surface area contributed by atoms with E-state index in [1.54, 1.807) is 36.4 Å². The second kappa shape index (κ2) is 7.26. The molecule has 2 rings (SSSR count). The zero-order valence-electron chi connectivity index (χ0n) is 11.8. The van der Waals surface area contributed by atoms with Gasteiger partial charge in [-0.3, -0.25) is 4.79 Å². The Labute approximate surface area is 132 Å². The highest BCUT2D eigenvalue weighted by Gasteiger charge is 2.09. The third kappa shape index (κ3) is 4.08. The van der Waals surface area contributed by atoms with Crippen molar-refractivity contribution in [3.8, 4) is 12.1 Å². The lowest BCUT2D eigenvalue weighted by molar-refractivity contribution is -0.113. The Bertz CT molecular complexity index is 772. The molecular formula is C16H12N4OS. The third-order valence-corrected chi connectivity index (χ3v) is 3.75. The van der Waals surface area contributed by atoms with Crippen molar-refractivity contribution in [1.82, 2.24) is 4.98 Å². The molecule has 6 heteroatoms. The van der Waals surface area contributed by atoms with Gasteiger partial charge in [-0.25, -0.2) is 4.98 Å². The third-order valence-electron chi connectivity index (χ3n) is 2.76. The van der Waals surface area contributed by atoms with E-state index in [2.05, 4.69) is 16.4 Å². The van der Waals surface area contributed by atoms with Crippen LogP contribution < -0.4 is 5.32 Å². The molecule has 1 amide bonds. The van der Waals surface area contributed by atoms with E-state index in [9.17, 15) is 4.79 Å². The number of amides is 1. The van der Waals surface area contributed by atoms with Gasteiger partial charge in [0.2, 0.25) is 5.91 Å². The summed E-state index contributed by atoms with van der Waals surface area (Å²) in [7, 11) is 0. The Morgan fingerprint density at radius 2 is 1.91 bits per heavy atom. The van der Waals surface area contributed by atoms with E-state index in [-0.39, 0.29) is 11.7 Å². The summed E-state index contributed by atoms with van der Waals surface area (Å²) in [5.41, 5.74) is 2.42. The number of nitrogens with zero attached hydrogens (tertiary/aromatic N) is 3. The van der Waals surface area contributed by atoms with Crippen molar-refractivity contribution < 1.29 is 4.79 Å². The summed E-state index contributed by atoms with van der Waals surface area (Å²) in [5.74, 6) is -0.0348. The van der Waals surface area contributed by atoms with Crippen LogP contribution in [0.3, 0.4) is 0 Å². The standard InChI is InChI=1S/C16H12N4OS/c1-11-2-5-13(9-18)16(19-11)22-10-15(21)20-14-6-3-12(8-17)4-7-14/h2-7H,10H2,1H3,(H,20,21). The lowest BCUT2D eigenvalue weighted by Gasteiger charge is -2.06. The molecule has 108 valence electrons. The first-order chi connectivity index (χ1) is 10.6. The van der Waals surface area contributed by atoms with E-state index >= 15 is 0 Å². The van der Waals surface area contributed by atoms with Crippen molar-refractivity contribution >= 4 is 23.4 Å². The quantitative estimate of drug-likeness (QED) is 0.877. The van der Waals surface area contributed by atoms with E-state index in [0.717, 1.165) is 5.69 Å². The number of nitrogens with one attached hydrogen (secondary N) is 1. The average Bonchev–Trinajstić information content (AvgIpc) is 2.54. The lowest BCUT2D eigenvalue weighted by atomic mass is 10.2. The minimum atomic E-state index is -0.193. The number of aromatic nitrogens is 1. The molecule has 0 aliphatic carbocycles. The number of hydrogen-bond acceptors (Lipinski definition) is 5. The van der Waals surface area contributed by atoms with Crippen LogP contribution in [0.15, 0.2) is 41.4 Å². The van der Waals surface area contributed by atoms with Crippen LogP contribution in [0.1, 0.15) is 16.8 Å². The van der Waals surface area contributed by atoms with Gasteiger partial charge < -0.3 is 5.32 Å². The van der Waals surface area contributed by atoms with E-state index in [1.165, 1.54) is 11.8 Å². The molecule has 0 unspecified atom stereocenters. The first kappa shape index (κ1) is 15.6. The molecule has 0 fully saturated rings. The summed E-state index contributed by atoms with van der Waals surface area (Å²) in [4.78, 5) is 16.2. The van der Waals surface area contributed by atoms with E-state index < -0.39 is 0 Å². The normalized spacial score (nSPS) is 9.59. The second-order valence-electron chi connectivity index (χ2n) is 4.44. The maximum Gasteiger partial charge on any atom is 0.234 e. The van der Waals surface area contributed by atoms with Gasteiger partial charge in [0.15, 0.2) is 0 Å². The number of pyridine rings is 1. The Hall–Kier alpha value is -2.83. The predicted molar refractivity (Wildman–Crippen MR) is 84.2 cm³/mol. The molecule has 0 radical (unpaired) electrons. The zero-order chi connectivity index (χ0) is 15.9. The van der Waals surface area contributed by atoms with Gasteiger partial charge in [0.25, 0.3) is 0 Å². The maximum absolute atomic E-state index is 11.9. The molecule has 0 atom stereocenters. The van der Waals surface area contributed by atoms with Gasteiger partial charge in [0.05, 0.1) is 22.9 Å².